The number of carbonyl (C=O) groups excluding carboxylic acids is 2. The molecule has 0 N–H and O–H groups in total. The summed E-state index contributed by atoms with van der Waals surface area (Å²) < 4.78 is 33.1. The average molecular weight is 461 g/mol. The molecule has 6 unspecified atom stereocenters. The zero-order valence-corrected chi connectivity index (χ0v) is 20.8. The van der Waals surface area contributed by atoms with Crippen LogP contribution in [0.2, 0.25) is 0 Å². The molecule has 0 saturated heterocycles. The van der Waals surface area contributed by atoms with E-state index < -0.39 is 17.9 Å². The molecule has 32 heavy (non-hydrogen) atoms. The normalized spacial score (nSPS) is 22.6. The summed E-state index contributed by atoms with van der Waals surface area (Å²) in [7, 11) is 1.56. The van der Waals surface area contributed by atoms with Crippen LogP contribution in [0, 0.1) is 11.8 Å². The van der Waals surface area contributed by atoms with E-state index in [1.165, 1.54) is 0 Å². The standard InChI is InChI=1S/C24H44O8/c1-7-12-28-14-17(2)29-15-18(3)30-16-20(5)32-24(26)22-11-9-8-10-21(22)23(25)31-19(4)13-27-6/h17-22H,7-16H2,1-6H3. The van der Waals surface area contributed by atoms with E-state index in [0.717, 1.165) is 25.9 Å². The van der Waals surface area contributed by atoms with Gasteiger partial charge in [0.25, 0.3) is 0 Å². The molecule has 0 bridgehead atoms. The summed E-state index contributed by atoms with van der Waals surface area (Å²) in [5.74, 6) is -1.64. The third-order valence-electron chi connectivity index (χ3n) is 5.34. The minimum atomic E-state index is -0.474. The smallest absolute Gasteiger partial charge is 0.310 e. The molecule has 1 rings (SSSR count). The molecule has 6 atom stereocenters. The minimum Gasteiger partial charge on any atom is -0.460 e. The van der Waals surface area contributed by atoms with Crippen LogP contribution in [0.3, 0.4) is 0 Å². The molecule has 8 heteroatoms. The highest BCUT2D eigenvalue weighted by atomic mass is 16.6. The molecule has 0 amide bonds. The van der Waals surface area contributed by atoms with Gasteiger partial charge in [-0.25, -0.2) is 0 Å². The first kappa shape index (κ1) is 28.8. The van der Waals surface area contributed by atoms with E-state index in [2.05, 4.69) is 6.92 Å². The van der Waals surface area contributed by atoms with E-state index in [-0.39, 0.29) is 36.9 Å². The van der Waals surface area contributed by atoms with Crippen LogP contribution in [0.5, 0.6) is 0 Å². The van der Waals surface area contributed by atoms with Gasteiger partial charge in [0.05, 0.1) is 50.5 Å². The van der Waals surface area contributed by atoms with Gasteiger partial charge in [-0.15, -0.1) is 0 Å². The first-order chi connectivity index (χ1) is 15.3. The lowest BCUT2D eigenvalue weighted by molar-refractivity contribution is -0.171. The summed E-state index contributed by atoms with van der Waals surface area (Å²) in [6, 6.07) is 0. The maximum absolute atomic E-state index is 12.8. The Morgan fingerprint density at radius 1 is 0.750 bits per heavy atom. The van der Waals surface area contributed by atoms with Crippen molar-refractivity contribution in [2.75, 3.05) is 40.1 Å². The van der Waals surface area contributed by atoms with E-state index >= 15 is 0 Å². The van der Waals surface area contributed by atoms with Gasteiger partial charge in [0.15, 0.2) is 0 Å². The van der Waals surface area contributed by atoms with Crippen molar-refractivity contribution in [3.8, 4) is 0 Å². The van der Waals surface area contributed by atoms with Crippen molar-refractivity contribution in [2.24, 2.45) is 11.8 Å². The fourth-order valence-electron chi connectivity index (χ4n) is 3.66. The number of esters is 2. The molecule has 188 valence electrons. The van der Waals surface area contributed by atoms with Gasteiger partial charge in [-0.1, -0.05) is 19.8 Å². The van der Waals surface area contributed by atoms with Crippen LogP contribution in [0.15, 0.2) is 0 Å². The van der Waals surface area contributed by atoms with E-state index in [4.69, 9.17) is 28.4 Å². The van der Waals surface area contributed by atoms with Crippen LogP contribution in [-0.4, -0.2) is 76.5 Å². The lowest BCUT2D eigenvalue weighted by Crippen LogP contribution is -2.38. The van der Waals surface area contributed by atoms with E-state index in [9.17, 15) is 9.59 Å². The highest BCUT2D eigenvalue weighted by molar-refractivity contribution is 5.82. The lowest BCUT2D eigenvalue weighted by Gasteiger charge is -2.30. The SMILES string of the molecule is CCCOCC(C)OCC(C)OCC(C)OC(=O)C1CCCCC1C(=O)OC(C)COC. The first-order valence-corrected chi connectivity index (χ1v) is 12.0. The topological polar surface area (TPSA) is 89.5 Å². The lowest BCUT2D eigenvalue weighted by atomic mass is 9.79. The van der Waals surface area contributed by atoms with Crippen molar-refractivity contribution >= 4 is 11.9 Å². The van der Waals surface area contributed by atoms with Gasteiger partial charge in [-0.2, -0.15) is 0 Å². The number of carbonyl (C=O) groups is 2. The third-order valence-corrected chi connectivity index (χ3v) is 5.34. The molecule has 0 aliphatic heterocycles. The van der Waals surface area contributed by atoms with Crippen LogP contribution in [-0.2, 0) is 38.0 Å². The number of ether oxygens (including phenoxy) is 6. The summed E-state index contributed by atoms with van der Waals surface area (Å²) in [6.07, 6.45) is 3.16. The summed E-state index contributed by atoms with van der Waals surface area (Å²) in [4.78, 5) is 25.3. The van der Waals surface area contributed by atoms with Crippen molar-refractivity contribution in [1.82, 2.24) is 0 Å². The van der Waals surface area contributed by atoms with Gasteiger partial charge in [0, 0.05) is 13.7 Å². The molecule has 1 aliphatic rings. The second-order valence-corrected chi connectivity index (χ2v) is 8.81. The van der Waals surface area contributed by atoms with Crippen LogP contribution in [0.25, 0.3) is 0 Å². The first-order valence-electron chi connectivity index (χ1n) is 12.0. The molecule has 0 aromatic carbocycles. The molecule has 0 spiro atoms. The second-order valence-electron chi connectivity index (χ2n) is 8.81. The molecular formula is C24H44O8. The van der Waals surface area contributed by atoms with Gasteiger partial charge in [0.1, 0.15) is 12.2 Å². The Balaban J connectivity index is 2.39. The zero-order chi connectivity index (χ0) is 23.9. The molecule has 0 aromatic rings. The van der Waals surface area contributed by atoms with Gasteiger partial charge < -0.3 is 28.4 Å². The third kappa shape index (κ3) is 11.6. The Morgan fingerprint density at radius 3 is 1.72 bits per heavy atom. The van der Waals surface area contributed by atoms with Crippen molar-refractivity contribution in [3.05, 3.63) is 0 Å². The highest BCUT2D eigenvalue weighted by Crippen LogP contribution is 2.32. The number of rotatable bonds is 16. The van der Waals surface area contributed by atoms with Crippen LogP contribution in [0.4, 0.5) is 0 Å². The summed E-state index contributed by atoms with van der Waals surface area (Å²) in [5, 5.41) is 0. The molecule has 0 radical (unpaired) electrons. The Bertz CT molecular complexity index is 526. The van der Waals surface area contributed by atoms with Crippen LogP contribution >= 0.6 is 0 Å². The number of hydrogen-bond donors (Lipinski definition) is 0. The largest absolute Gasteiger partial charge is 0.460 e. The molecule has 8 nitrogen and oxygen atoms in total. The van der Waals surface area contributed by atoms with Crippen molar-refractivity contribution in [1.29, 1.82) is 0 Å². The Labute approximate surface area is 193 Å². The molecular weight excluding hydrogens is 416 g/mol. The monoisotopic (exact) mass is 460 g/mol. The van der Waals surface area contributed by atoms with Crippen molar-refractivity contribution in [3.63, 3.8) is 0 Å². The maximum Gasteiger partial charge on any atom is 0.310 e. The number of hydrogen-bond acceptors (Lipinski definition) is 8. The van der Waals surface area contributed by atoms with Gasteiger partial charge in [-0.05, 0) is 47.0 Å². The Kier molecular flexibility index (Phi) is 14.8. The predicted octanol–water partition coefficient (Wildman–Crippen LogP) is 3.54. The molecule has 1 saturated carbocycles. The second kappa shape index (κ2) is 16.4. The Hall–Kier alpha value is -1.22. The van der Waals surface area contributed by atoms with E-state index in [0.29, 0.717) is 32.7 Å². The van der Waals surface area contributed by atoms with Crippen molar-refractivity contribution in [2.45, 2.75) is 91.1 Å². The van der Waals surface area contributed by atoms with E-state index in [1.807, 2.05) is 13.8 Å². The Morgan fingerprint density at radius 2 is 1.22 bits per heavy atom. The zero-order valence-electron chi connectivity index (χ0n) is 20.8. The van der Waals surface area contributed by atoms with E-state index in [1.54, 1.807) is 21.0 Å². The van der Waals surface area contributed by atoms with Crippen LogP contribution < -0.4 is 0 Å². The van der Waals surface area contributed by atoms with Gasteiger partial charge >= 0.3 is 11.9 Å². The van der Waals surface area contributed by atoms with Gasteiger partial charge in [-0.3, -0.25) is 9.59 Å². The quantitative estimate of drug-likeness (QED) is 0.255. The summed E-state index contributed by atoms with van der Waals surface area (Å²) >= 11 is 0. The van der Waals surface area contributed by atoms with Crippen molar-refractivity contribution < 1.29 is 38.0 Å². The molecule has 0 aromatic heterocycles. The maximum atomic E-state index is 12.8. The predicted molar refractivity (Wildman–Crippen MR) is 120 cm³/mol. The average Bonchev–Trinajstić information content (AvgIpc) is 2.76. The fourth-order valence-corrected chi connectivity index (χ4v) is 3.66. The van der Waals surface area contributed by atoms with Crippen LogP contribution in [0.1, 0.15) is 66.7 Å². The molecule has 0 heterocycles. The number of methoxy groups -OCH3 is 1. The summed E-state index contributed by atoms with van der Waals surface area (Å²) in [5.41, 5.74) is 0. The minimum absolute atomic E-state index is 0.00236. The summed E-state index contributed by atoms with van der Waals surface area (Å²) in [6.45, 7) is 11.9. The fraction of sp³-hybridized carbons (Fsp3) is 0.917. The molecule has 1 fully saturated rings. The molecule has 1 aliphatic carbocycles. The van der Waals surface area contributed by atoms with Gasteiger partial charge in [0.2, 0.25) is 0 Å². The highest BCUT2D eigenvalue weighted by Gasteiger charge is 2.39.